The van der Waals surface area contributed by atoms with Gasteiger partial charge >= 0.3 is 0 Å². The SMILES string of the molecule is CCC(c1ccccc1)c1cc(-c2[c-]ccc(OCCOC)c2F)c(Cl)cc1F.[NH2-].[Y]. The van der Waals surface area contributed by atoms with Gasteiger partial charge in [-0.15, -0.1) is 17.7 Å². The van der Waals surface area contributed by atoms with Crippen molar-refractivity contribution < 1.29 is 51.0 Å². The quantitative estimate of drug-likeness (QED) is 0.230. The zero-order valence-electron chi connectivity index (χ0n) is 17.5. The average molecular weight is 521 g/mol. The molecule has 0 aliphatic carbocycles. The summed E-state index contributed by atoms with van der Waals surface area (Å²) in [5.41, 5.74) is 1.99. The Morgan fingerprint density at radius 3 is 2.42 bits per heavy atom. The molecule has 0 aromatic heterocycles. The van der Waals surface area contributed by atoms with E-state index in [1.807, 2.05) is 37.3 Å². The first-order valence-electron chi connectivity index (χ1n) is 9.43. The second-order valence-corrected chi connectivity index (χ2v) is 7.00. The Bertz CT molecular complexity index is 973. The van der Waals surface area contributed by atoms with E-state index in [-0.39, 0.29) is 67.7 Å². The summed E-state index contributed by atoms with van der Waals surface area (Å²) in [5, 5.41) is 0.123. The largest absolute Gasteiger partial charge is 0.693 e. The van der Waals surface area contributed by atoms with Crippen LogP contribution in [-0.4, -0.2) is 20.3 Å². The Labute approximate surface area is 212 Å². The number of ether oxygens (including phenoxy) is 2. The van der Waals surface area contributed by atoms with E-state index < -0.39 is 11.6 Å². The third-order valence-electron chi connectivity index (χ3n) is 4.78. The molecular weight excluding hydrogens is 497 g/mol. The fourth-order valence-electron chi connectivity index (χ4n) is 3.35. The summed E-state index contributed by atoms with van der Waals surface area (Å²) in [6.45, 7) is 2.54. The zero-order chi connectivity index (χ0) is 20.8. The molecule has 3 nitrogen and oxygen atoms in total. The zero-order valence-corrected chi connectivity index (χ0v) is 21.1. The van der Waals surface area contributed by atoms with Crippen molar-refractivity contribution in [1.29, 1.82) is 0 Å². The maximum Gasteiger partial charge on any atom is 0.126 e. The van der Waals surface area contributed by atoms with Gasteiger partial charge in [-0.2, -0.15) is 0 Å². The molecule has 31 heavy (non-hydrogen) atoms. The molecule has 0 saturated carbocycles. The van der Waals surface area contributed by atoms with Crippen LogP contribution in [0.3, 0.4) is 0 Å². The maximum atomic E-state index is 15.1. The van der Waals surface area contributed by atoms with Crippen molar-refractivity contribution in [3.8, 4) is 16.9 Å². The smallest absolute Gasteiger partial charge is 0.126 e. The normalized spacial score (nSPS) is 11.3. The van der Waals surface area contributed by atoms with Crippen molar-refractivity contribution in [2.24, 2.45) is 0 Å². The molecule has 0 bridgehead atoms. The predicted molar refractivity (Wildman–Crippen MR) is 117 cm³/mol. The van der Waals surface area contributed by atoms with E-state index in [1.165, 1.54) is 12.1 Å². The molecule has 7 heteroatoms. The summed E-state index contributed by atoms with van der Waals surface area (Å²) < 4.78 is 40.2. The fourth-order valence-corrected chi connectivity index (χ4v) is 3.59. The topological polar surface area (TPSA) is 52.0 Å². The summed E-state index contributed by atoms with van der Waals surface area (Å²) in [7, 11) is 1.54. The molecule has 3 aromatic rings. The van der Waals surface area contributed by atoms with Crippen molar-refractivity contribution in [1.82, 2.24) is 0 Å². The molecular formula is C24H24ClF2NO2Y-2. The van der Waals surface area contributed by atoms with E-state index in [0.29, 0.717) is 24.2 Å². The third kappa shape index (κ3) is 6.56. The van der Waals surface area contributed by atoms with Crippen LogP contribution in [0.15, 0.2) is 54.6 Å². The number of hydrogen-bond acceptors (Lipinski definition) is 2. The standard InChI is InChI=1S/C24H22ClF2O2.H2N.Y/c1-3-17(16-8-5-4-6-9-16)20-14-19(21(25)15-22(20)26)18-10-7-11-23(24(18)27)29-13-12-28-2;;/h4-9,11,14-15,17H,3,12-13H2,1-2H3;1H2;/q2*-1;. The van der Waals surface area contributed by atoms with Crippen LogP contribution in [0, 0.1) is 17.7 Å². The van der Waals surface area contributed by atoms with E-state index in [4.69, 9.17) is 21.1 Å². The minimum Gasteiger partial charge on any atom is -0.693 e. The number of benzene rings is 3. The molecule has 0 saturated heterocycles. The van der Waals surface area contributed by atoms with E-state index in [9.17, 15) is 4.39 Å². The van der Waals surface area contributed by atoms with Gasteiger partial charge in [-0.05, 0) is 23.6 Å². The van der Waals surface area contributed by atoms with Crippen LogP contribution in [0.4, 0.5) is 8.78 Å². The van der Waals surface area contributed by atoms with Gasteiger partial charge in [0.25, 0.3) is 0 Å². The van der Waals surface area contributed by atoms with Crippen molar-refractivity contribution in [3.63, 3.8) is 0 Å². The van der Waals surface area contributed by atoms with E-state index in [0.717, 1.165) is 5.56 Å². The molecule has 1 atom stereocenters. The molecule has 163 valence electrons. The fraction of sp³-hybridized carbons (Fsp3) is 0.250. The molecule has 0 aliphatic heterocycles. The second kappa shape index (κ2) is 13.2. The molecule has 0 fully saturated rings. The first kappa shape index (κ1) is 27.7. The number of rotatable bonds is 8. The Kier molecular flexibility index (Phi) is 11.8. The molecule has 2 N–H and O–H groups in total. The molecule has 0 amide bonds. The molecule has 0 heterocycles. The predicted octanol–water partition coefficient (Wildman–Crippen LogP) is 7.37. The number of nitrogens with two attached hydrogens (primary N) is 1. The Balaban J connectivity index is 0.00000240. The van der Waals surface area contributed by atoms with Gasteiger partial charge in [0.1, 0.15) is 12.4 Å². The molecule has 3 aromatic carbocycles. The van der Waals surface area contributed by atoms with E-state index in [1.54, 1.807) is 19.2 Å². The summed E-state index contributed by atoms with van der Waals surface area (Å²) in [4.78, 5) is 0. The average Bonchev–Trinajstić information content (AvgIpc) is 2.73. The van der Waals surface area contributed by atoms with Gasteiger partial charge in [0, 0.05) is 50.8 Å². The van der Waals surface area contributed by atoms with Crippen LogP contribution < -0.4 is 4.74 Å². The number of methoxy groups -OCH3 is 1. The van der Waals surface area contributed by atoms with Gasteiger partial charge in [0.05, 0.1) is 18.2 Å². The first-order chi connectivity index (χ1) is 14.1. The molecule has 0 spiro atoms. The van der Waals surface area contributed by atoms with E-state index >= 15 is 4.39 Å². The van der Waals surface area contributed by atoms with Gasteiger partial charge < -0.3 is 15.6 Å². The summed E-state index contributed by atoms with van der Waals surface area (Å²) in [5.74, 6) is -1.09. The second-order valence-electron chi connectivity index (χ2n) is 6.60. The maximum absolute atomic E-state index is 15.1. The Hall–Kier alpha value is -1.37. The van der Waals surface area contributed by atoms with Crippen LogP contribution in [0.1, 0.15) is 30.4 Å². The summed E-state index contributed by atoms with van der Waals surface area (Å²) in [6.07, 6.45) is 0.689. The Morgan fingerprint density at radius 2 is 1.77 bits per heavy atom. The van der Waals surface area contributed by atoms with Gasteiger partial charge in [-0.3, -0.25) is 4.39 Å². The van der Waals surface area contributed by atoms with Crippen molar-refractivity contribution in [3.05, 3.63) is 94.6 Å². The number of hydrogen-bond donors (Lipinski definition) is 0. The molecule has 1 radical (unpaired) electrons. The Morgan fingerprint density at radius 1 is 1.06 bits per heavy atom. The van der Waals surface area contributed by atoms with Crippen LogP contribution in [-0.2, 0) is 37.4 Å². The van der Waals surface area contributed by atoms with Crippen LogP contribution in [0.5, 0.6) is 5.75 Å². The van der Waals surface area contributed by atoms with Crippen LogP contribution >= 0.6 is 11.6 Å². The monoisotopic (exact) mass is 520 g/mol. The van der Waals surface area contributed by atoms with Crippen LogP contribution in [0.2, 0.25) is 5.02 Å². The molecule has 1 unspecified atom stereocenters. The van der Waals surface area contributed by atoms with Gasteiger partial charge in [-0.25, -0.2) is 4.39 Å². The summed E-state index contributed by atoms with van der Waals surface area (Å²) in [6, 6.07) is 18.5. The van der Waals surface area contributed by atoms with Gasteiger partial charge in [0.15, 0.2) is 0 Å². The van der Waals surface area contributed by atoms with Crippen LogP contribution in [0.25, 0.3) is 17.3 Å². The van der Waals surface area contributed by atoms with E-state index in [2.05, 4.69) is 6.07 Å². The van der Waals surface area contributed by atoms with Gasteiger partial charge in [0.2, 0.25) is 0 Å². The number of halogens is 3. The van der Waals surface area contributed by atoms with Crippen molar-refractivity contribution >= 4 is 11.6 Å². The van der Waals surface area contributed by atoms with Crippen molar-refractivity contribution in [2.45, 2.75) is 19.3 Å². The van der Waals surface area contributed by atoms with Gasteiger partial charge in [-0.1, -0.05) is 66.6 Å². The minimum absolute atomic E-state index is 0. The minimum atomic E-state index is -0.587. The third-order valence-corrected chi connectivity index (χ3v) is 5.10. The first-order valence-corrected chi connectivity index (χ1v) is 9.80. The summed E-state index contributed by atoms with van der Waals surface area (Å²) >= 11 is 6.29. The molecule has 3 rings (SSSR count). The molecule has 0 aliphatic rings. The van der Waals surface area contributed by atoms with Crippen molar-refractivity contribution in [2.75, 3.05) is 20.3 Å².